The quantitative estimate of drug-likeness (QED) is 0.648. The summed E-state index contributed by atoms with van der Waals surface area (Å²) in [5.41, 5.74) is 1.05. The number of hydrogen-bond acceptors (Lipinski definition) is 5. The third-order valence-corrected chi connectivity index (χ3v) is 4.85. The average Bonchev–Trinajstić information content (AvgIpc) is 2.93. The molecule has 8 nitrogen and oxygen atoms in total. The highest BCUT2D eigenvalue weighted by Gasteiger charge is 2.20. The largest absolute Gasteiger partial charge is 0.497 e. The van der Waals surface area contributed by atoms with Gasteiger partial charge in [0.05, 0.1) is 30.9 Å². The Morgan fingerprint density at radius 3 is 2.42 bits per heavy atom. The Hall–Kier alpha value is -2.94. The third kappa shape index (κ3) is 2.93. The first-order valence-electron chi connectivity index (χ1n) is 6.90. The molecule has 0 atom stereocenters. The van der Waals surface area contributed by atoms with Gasteiger partial charge in [-0.25, -0.2) is 13.2 Å². The first-order valence-corrected chi connectivity index (χ1v) is 8.38. The lowest BCUT2D eigenvalue weighted by atomic mass is 10.3. The summed E-state index contributed by atoms with van der Waals surface area (Å²) in [4.78, 5) is 16.4. The van der Waals surface area contributed by atoms with Crippen LogP contribution in [0.3, 0.4) is 0 Å². The molecular formula is C15H15N3O5S. The van der Waals surface area contributed by atoms with Crippen molar-refractivity contribution in [1.82, 2.24) is 9.97 Å². The predicted octanol–water partition coefficient (Wildman–Crippen LogP) is 1.67. The van der Waals surface area contributed by atoms with Gasteiger partial charge in [0.1, 0.15) is 16.4 Å². The van der Waals surface area contributed by atoms with Crippen LogP contribution in [0.5, 0.6) is 11.5 Å². The SMILES string of the molecule is COc1ccc(S(=O)(=O)Nc2ccc3[nH]c(=O)[nH]c3c2)c(OC)c1. The van der Waals surface area contributed by atoms with E-state index in [1.165, 1.54) is 38.5 Å². The Balaban J connectivity index is 1.99. The summed E-state index contributed by atoms with van der Waals surface area (Å²) < 4.78 is 37.9. The fourth-order valence-corrected chi connectivity index (χ4v) is 3.50. The van der Waals surface area contributed by atoms with Crippen LogP contribution in [0, 0.1) is 0 Å². The van der Waals surface area contributed by atoms with E-state index in [-0.39, 0.29) is 16.3 Å². The number of aromatic amines is 2. The molecule has 3 aromatic rings. The number of nitrogens with one attached hydrogen (secondary N) is 3. The van der Waals surface area contributed by atoms with Gasteiger partial charge in [0.15, 0.2) is 0 Å². The van der Waals surface area contributed by atoms with Crippen molar-refractivity contribution in [2.75, 3.05) is 18.9 Å². The molecule has 2 aromatic carbocycles. The summed E-state index contributed by atoms with van der Waals surface area (Å²) in [6.45, 7) is 0. The van der Waals surface area contributed by atoms with Crippen molar-refractivity contribution in [2.24, 2.45) is 0 Å². The summed E-state index contributed by atoms with van der Waals surface area (Å²) in [7, 11) is -1.02. The number of imidazole rings is 1. The normalized spacial score (nSPS) is 11.4. The van der Waals surface area contributed by atoms with E-state index in [4.69, 9.17) is 9.47 Å². The van der Waals surface area contributed by atoms with Crippen LogP contribution in [0.25, 0.3) is 11.0 Å². The number of ether oxygens (including phenoxy) is 2. The minimum Gasteiger partial charge on any atom is -0.497 e. The highest BCUT2D eigenvalue weighted by atomic mass is 32.2. The second kappa shape index (κ2) is 5.93. The first-order chi connectivity index (χ1) is 11.4. The van der Waals surface area contributed by atoms with Crippen LogP contribution in [0.2, 0.25) is 0 Å². The first kappa shape index (κ1) is 15.9. The Morgan fingerprint density at radius 2 is 1.71 bits per heavy atom. The molecule has 0 unspecified atom stereocenters. The zero-order valence-electron chi connectivity index (χ0n) is 12.9. The summed E-state index contributed by atoms with van der Waals surface area (Å²) >= 11 is 0. The summed E-state index contributed by atoms with van der Waals surface area (Å²) in [5.74, 6) is 0.648. The summed E-state index contributed by atoms with van der Waals surface area (Å²) in [5, 5.41) is 0. The molecule has 0 aliphatic carbocycles. The molecule has 3 N–H and O–H groups in total. The maximum absolute atomic E-state index is 12.6. The second-order valence-electron chi connectivity index (χ2n) is 4.96. The van der Waals surface area contributed by atoms with Crippen molar-refractivity contribution >= 4 is 26.7 Å². The molecule has 1 heterocycles. The monoisotopic (exact) mass is 349 g/mol. The highest BCUT2D eigenvalue weighted by molar-refractivity contribution is 7.92. The number of benzene rings is 2. The maximum atomic E-state index is 12.6. The van der Waals surface area contributed by atoms with Gasteiger partial charge in [-0.2, -0.15) is 0 Å². The molecule has 0 saturated carbocycles. The Bertz CT molecular complexity index is 1050. The Kier molecular flexibility index (Phi) is 3.94. The lowest BCUT2D eigenvalue weighted by molar-refractivity contribution is 0.386. The van der Waals surface area contributed by atoms with Crippen LogP contribution in [0.4, 0.5) is 5.69 Å². The van der Waals surface area contributed by atoms with Crippen molar-refractivity contribution in [2.45, 2.75) is 4.90 Å². The third-order valence-electron chi connectivity index (χ3n) is 3.43. The number of fused-ring (bicyclic) bond motifs is 1. The second-order valence-corrected chi connectivity index (χ2v) is 6.61. The molecule has 1 aromatic heterocycles. The molecule has 3 rings (SSSR count). The number of anilines is 1. The van der Waals surface area contributed by atoms with Crippen molar-refractivity contribution < 1.29 is 17.9 Å². The van der Waals surface area contributed by atoms with Crippen LogP contribution >= 0.6 is 0 Å². The van der Waals surface area contributed by atoms with Gasteiger partial charge < -0.3 is 19.4 Å². The molecule has 9 heteroatoms. The summed E-state index contributed by atoms with van der Waals surface area (Å²) in [6.07, 6.45) is 0. The molecule has 126 valence electrons. The van der Waals surface area contributed by atoms with Gasteiger partial charge in [-0.15, -0.1) is 0 Å². The van der Waals surface area contributed by atoms with Gasteiger partial charge >= 0.3 is 5.69 Å². The fraction of sp³-hybridized carbons (Fsp3) is 0.133. The molecule has 0 bridgehead atoms. The van der Waals surface area contributed by atoms with Gasteiger partial charge in [0.25, 0.3) is 10.0 Å². The Morgan fingerprint density at radius 1 is 0.958 bits per heavy atom. The number of rotatable bonds is 5. The van der Waals surface area contributed by atoms with E-state index in [2.05, 4.69) is 14.7 Å². The van der Waals surface area contributed by atoms with Crippen LogP contribution in [0.1, 0.15) is 0 Å². The molecule has 0 radical (unpaired) electrons. The van der Waals surface area contributed by atoms with E-state index < -0.39 is 10.0 Å². The van der Waals surface area contributed by atoms with Gasteiger partial charge in [-0.05, 0) is 30.3 Å². The highest BCUT2D eigenvalue weighted by Crippen LogP contribution is 2.30. The number of H-pyrrole nitrogens is 2. The zero-order valence-corrected chi connectivity index (χ0v) is 13.7. The van der Waals surface area contributed by atoms with Crippen molar-refractivity contribution in [3.63, 3.8) is 0 Å². The van der Waals surface area contributed by atoms with Crippen LogP contribution in [-0.4, -0.2) is 32.6 Å². The van der Waals surface area contributed by atoms with Gasteiger partial charge in [-0.3, -0.25) is 4.72 Å². The van der Waals surface area contributed by atoms with Gasteiger partial charge in [0, 0.05) is 6.07 Å². The molecule has 24 heavy (non-hydrogen) atoms. The zero-order chi connectivity index (χ0) is 17.3. The van der Waals surface area contributed by atoms with E-state index in [0.29, 0.717) is 22.5 Å². The lowest BCUT2D eigenvalue weighted by Crippen LogP contribution is -2.14. The minimum atomic E-state index is -3.88. The van der Waals surface area contributed by atoms with E-state index in [1.807, 2.05) is 0 Å². The molecular weight excluding hydrogens is 334 g/mol. The summed E-state index contributed by atoms with van der Waals surface area (Å²) in [6, 6.07) is 9.11. The number of sulfonamides is 1. The van der Waals surface area contributed by atoms with Crippen molar-refractivity contribution in [3.05, 3.63) is 46.9 Å². The van der Waals surface area contributed by atoms with Crippen LogP contribution < -0.4 is 19.9 Å². The van der Waals surface area contributed by atoms with Crippen LogP contribution in [-0.2, 0) is 10.0 Å². The Labute approximate surface area is 137 Å². The number of aromatic nitrogens is 2. The standard InChI is InChI=1S/C15H15N3O5S/c1-22-10-4-6-14(13(8-10)23-2)24(20,21)18-9-3-5-11-12(7-9)17-15(19)16-11/h3-8,18H,1-2H3,(H2,16,17,19). The smallest absolute Gasteiger partial charge is 0.323 e. The molecule has 0 saturated heterocycles. The van der Waals surface area contributed by atoms with Gasteiger partial charge in [-0.1, -0.05) is 0 Å². The maximum Gasteiger partial charge on any atom is 0.323 e. The van der Waals surface area contributed by atoms with Crippen molar-refractivity contribution in [3.8, 4) is 11.5 Å². The van der Waals surface area contributed by atoms with E-state index in [9.17, 15) is 13.2 Å². The van der Waals surface area contributed by atoms with E-state index >= 15 is 0 Å². The van der Waals surface area contributed by atoms with Crippen LogP contribution in [0.15, 0.2) is 46.1 Å². The fourth-order valence-electron chi connectivity index (χ4n) is 2.30. The number of hydrogen-bond donors (Lipinski definition) is 3. The minimum absolute atomic E-state index is 0.0199. The molecule has 0 aliphatic heterocycles. The molecule has 0 amide bonds. The van der Waals surface area contributed by atoms with Gasteiger partial charge in [0.2, 0.25) is 0 Å². The van der Waals surface area contributed by atoms with Crippen molar-refractivity contribution in [1.29, 1.82) is 0 Å². The van der Waals surface area contributed by atoms with E-state index in [1.54, 1.807) is 12.1 Å². The molecule has 0 aliphatic rings. The van der Waals surface area contributed by atoms with E-state index in [0.717, 1.165) is 0 Å². The predicted molar refractivity (Wildman–Crippen MR) is 89.3 cm³/mol. The number of methoxy groups -OCH3 is 2. The lowest BCUT2D eigenvalue weighted by Gasteiger charge is -2.12. The average molecular weight is 349 g/mol. The molecule has 0 fully saturated rings. The molecule has 0 spiro atoms. The topological polar surface area (TPSA) is 113 Å².